The highest BCUT2D eigenvalue weighted by Crippen LogP contribution is 2.15. The third-order valence-corrected chi connectivity index (χ3v) is 2.68. The van der Waals surface area contributed by atoms with E-state index in [1.165, 1.54) is 18.5 Å². The van der Waals surface area contributed by atoms with Crippen molar-refractivity contribution in [2.75, 3.05) is 11.1 Å². The Morgan fingerprint density at radius 2 is 2.00 bits per heavy atom. The number of anilines is 2. The predicted octanol–water partition coefficient (Wildman–Crippen LogP) is 1.69. The van der Waals surface area contributed by atoms with Crippen molar-refractivity contribution in [3.8, 4) is 0 Å². The summed E-state index contributed by atoms with van der Waals surface area (Å²) in [7, 11) is 0. The van der Waals surface area contributed by atoms with Crippen LogP contribution in [-0.2, 0) is 6.54 Å². The Bertz CT molecular complexity index is 706. The Balaban J connectivity index is 1.79. The van der Waals surface area contributed by atoms with Crippen LogP contribution in [0.1, 0.15) is 5.56 Å². The maximum atomic E-state index is 12.8. The Kier molecular flexibility index (Phi) is 2.71. The molecule has 4 N–H and O–H groups in total. The van der Waals surface area contributed by atoms with Gasteiger partial charge in [-0.25, -0.2) is 9.37 Å². The van der Waals surface area contributed by atoms with Crippen molar-refractivity contribution in [3.63, 3.8) is 0 Å². The zero-order chi connectivity index (χ0) is 13.2. The fourth-order valence-corrected chi connectivity index (χ4v) is 1.72. The van der Waals surface area contributed by atoms with Crippen LogP contribution in [0.5, 0.6) is 0 Å². The topological polar surface area (TPSA) is 92.5 Å². The number of aromatic amines is 1. The molecule has 0 fully saturated rings. The second-order valence-corrected chi connectivity index (χ2v) is 4.01. The van der Waals surface area contributed by atoms with Crippen LogP contribution in [0.25, 0.3) is 11.2 Å². The summed E-state index contributed by atoms with van der Waals surface area (Å²) in [6, 6.07) is 6.20. The molecule has 0 atom stereocenters. The van der Waals surface area contributed by atoms with Crippen LogP contribution in [0.3, 0.4) is 0 Å². The Morgan fingerprint density at radius 1 is 1.21 bits per heavy atom. The quantitative estimate of drug-likeness (QED) is 0.664. The average molecular weight is 258 g/mol. The lowest BCUT2D eigenvalue weighted by Gasteiger charge is -2.05. The fourth-order valence-electron chi connectivity index (χ4n) is 1.72. The van der Waals surface area contributed by atoms with Gasteiger partial charge in [-0.15, -0.1) is 0 Å². The summed E-state index contributed by atoms with van der Waals surface area (Å²) in [5.41, 5.74) is 7.83. The summed E-state index contributed by atoms with van der Waals surface area (Å²) < 4.78 is 12.8. The third kappa shape index (κ3) is 2.30. The number of nitrogens with zero attached hydrogens (tertiary/aromatic N) is 3. The maximum Gasteiger partial charge on any atom is 0.227 e. The number of hydrogen-bond acceptors (Lipinski definition) is 5. The predicted molar refractivity (Wildman–Crippen MR) is 69.8 cm³/mol. The molecular formula is C12H11FN6. The molecule has 0 saturated carbocycles. The standard InChI is InChI=1S/C12H11FN6/c13-8-3-1-7(2-4-8)5-15-12-18-10(14)9-11(19-12)17-6-16-9/h1-4,6H,5H2,(H4,14,15,16,17,18,19). The number of nitrogens with two attached hydrogens (primary N) is 1. The molecule has 3 aromatic rings. The molecule has 0 aliphatic heterocycles. The van der Waals surface area contributed by atoms with Gasteiger partial charge >= 0.3 is 0 Å². The molecule has 19 heavy (non-hydrogen) atoms. The minimum absolute atomic E-state index is 0.262. The van der Waals surface area contributed by atoms with E-state index in [-0.39, 0.29) is 5.82 Å². The van der Waals surface area contributed by atoms with Gasteiger partial charge in [0.1, 0.15) is 11.3 Å². The highest BCUT2D eigenvalue weighted by atomic mass is 19.1. The molecule has 0 radical (unpaired) electrons. The summed E-state index contributed by atoms with van der Waals surface area (Å²) >= 11 is 0. The molecule has 6 nitrogen and oxygen atoms in total. The third-order valence-electron chi connectivity index (χ3n) is 2.68. The molecule has 2 aromatic heterocycles. The number of aromatic nitrogens is 4. The van der Waals surface area contributed by atoms with Crippen molar-refractivity contribution in [3.05, 3.63) is 42.0 Å². The Hall–Kier alpha value is -2.70. The molecule has 2 heterocycles. The maximum absolute atomic E-state index is 12.8. The van der Waals surface area contributed by atoms with E-state index in [4.69, 9.17) is 5.73 Å². The van der Waals surface area contributed by atoms with E-state index >= 15 is 0 Å². The summed E-state index contributed by atoms with van der Waals surface area (Å²) in [4.78, 5) is 15.2. The van der Waals surface area contributed by atoms with Crippen molar-refractivity contribution in [2.24, 2.45) is 0 Å². The number of H-pyrrole nitrogens is 1. The van der Waals surface area contributed by atoms with Crippen LogP contribution in [0.15, 0.2) is 30.6 Å². The SMILES string of the molecule is Nc1nc(NCc2ccc(F)cc2)nc2nc[nH]c12. The van der Waals surface area contributed by atoms with Crippen LogP contribution in [0, 0.1) is 5.82 Å². The second-order valence-electron chi connectivity index (χ2n) is 4.01. The van der Waals surface area contributed by atoms with E-state index in [1.54, 1.807) is 12.1 Å². The first-order chi connectivity index (χ1) is 9.22. The number of benzene rings is 1. The van der Waals surface area contributed by atoms with Gasteiger partial charge in [0.05, 0.1) is 6.33 Å². The summed E-state index contributed by atoms with van der Waals surface area (Å²) in [6.07, 6.45) is 1.51. The first-order valence-electron chi connectivity index (χ1n) is 5.67. The molecule has 3 rings (SSSR count). The van der Waals surface area contributed by atoms with Crippen molar-refractivity contribution in [2.45, 2.75) is 6.54 Å². The van der Waals surface area contributed by atoms with Gasteiger partial charge in [0.25, 0.3) is 0 Å². The van der Waals surface area contributed by atoms with Crippen LogP contribution in [0.4, 0.5) is 16.2 Å². The van der Waals surface area contributed by atoms with Gasteiger partial charge in [-0.05, 0) is 17.7 Å². The zero-order valence-corrected chi connectivity index (χ0v) is 9.89. The first-order valence-corrected chi connectivity index (χ1v) is 5.67. The first kappa shape index (κ1) is 11.4. The van der Waals surface area contributed by atoms with E-state index in [9.17, 15) is 4.39 Å². The number of nitrogens with one attached hydrogen (secondary N) is 2. The second kappa shape index (κ2) is 4.52. The number of halogens is 1. The molecule has 96 valence electrons. The molecule has 0 aliphatic carbocycles. The van der Waals surface area contributed by atoms with Crippen molar-refractivity contribution >= 4 is 22.9 Å². The van der Waals surface area contributed by atoms with E-state index in [0.717, 1.165) is 5.56 Å². The molecule has 0 saturated heterocycles. The van der Waals surface area contributed by atoms with E-state index in [2.05, 4.69) is 25.3 Å². The summed E-state index contributed by atoms with van der Waals surface area (Å²) in [6.45, 7) is 0.482. The van der Waals surface area contributed by atoms with Gasteiger partial charge in [-0.1, -0.05) is 12.1 Å². The largest absolute Gasteiger partial charge is 0.382 e. The Morgan fingerprint density at radius 3 is 2.79 bits per heavy atom. The molecule has 0 amide bonds. The van der Waals surface area contributed by atoms with E-state index in [0.29, 0.717) is 29.5 Å². The van der Waals surface area contributed by atoms with Gasteiger partial charge in [0, 0.05) is 6.54 Å². The fraction of sp³-hybridized carbons (Fsp3) is 0.0833. The number of nitrogen functional groups attached to an aromatic ring is 1. The molecule has 1 aromatic carbocycles. The Labute approximate surface area is 107 Å². The molecule has 7 heteroatoms. The van der Waals surface area contributed by atoms with Crippen molar-refractivity contribution in [1.29, 1.82) is 0 Å². The van der Waals surface area contributed by atoms with Crippen LogP contribution >= 0.6 is 0 Å². The highest BCUT2D eigenvalue weighted by molar-refractivity contribution is 5.82. The lowest BCUT2D eigenvalue weighted by Crippen LogP contribution is -2.05. The van der Waals surface area contributed by atoms with Crippen LogP contribution in [0.2, 0.25) is 0 Å². The summed E-state index contributed by atoms with van der Waals surface area (Å²) in [5, 5.41) is 3.02. The van der Waals surface area contributed by atoms with E-state index < -0.39 is 0 Å². The monoisotopic (exact) mass is 258 g/mol. The normalized spacial score (nSPS) is 10.8. The van der Waals surface area contributed by atoms with Crippen LogP contribution in [-0.4, -0.2) is 19.9 Å². The minimum atomic E-state index is -0.262. The lowest BCUT2D eigenvalue weighted by molar-refractivity contribution is 0.627. The van der Waals surface area contributed by atoms with Crippen molar-refractivity contribution < 1.29 is 4.39 Å². The molecule has 0 unspecified atom stereocenters. The number of fused-ring (bicyclic) bond motifs is 1. The number of imidazole rings is 1. The zero-order valence-electron chi connectivity index (χ0n) is 9.89. The molecule has 0 bridgehead atoms. The van der Waals surface area contributed by atoms with Crippen LogP contribution < -0.4 is 11.1 Å². The molecule has 0 aliphatic rings. The summed E-state index contributed by atoms with van der Waals surface area (Å²) in [5.74, 6) is 0.465. The van der Waals surface area contributed by atoms with Crippen molar-refractivity contribution in [1.82, 2.24) is 19.9 Å². The smallest absolute Gasteiger partial charge is 0.227 e. The van der Waals surface area contributed by atoms with Gasteiger partial charge in [0.15, 0.2) is 11.5 Å². The van der Waals surface area contributed by atoms with Gasteiger partial charge in [-0.3, -0.25) is 0 Å². The lowest BCUT2D eigenvalue weighted by atomic mass is 10.2. The average Bonchev–Trinajstić information content (AvgIpc) is 2.87. The van der Waals surface area contributed by atoms with Gasteiger partial charge < -0.3 is 16.0 Å². The minimum Gasteiger partial charge on any atom is -0.382 e. The molecule has 0 spiro atoms. The van der Waals surface area contributed by atoms with Gasteiger partial charge in [-0.2, -0.15) is 9.97 Å². The number of hydrogen-bond donors (Lipinski definition) is 3. The number of rotatable bonds is 3. The molecular weight excluding hydrogens is 247 g/mol. The van der Waals surface area contributed by atoms with E-state index in [1.807, 2.05) is 0 Å². The van der Waals surface area contributed by atoms with Gasteiger partial charge in [0.2, 0.25) is 5.95 Å². The highest BCUT2D eigenvalue weighted by Gasteiger charge is 2.06.